The zero-order chi connectivity index (χ0) is 24.6. The number of nitrogen functional groups attached to an aromatic ring is 1. The molecule has 8 nitrogen and oxygen atoms in total. The van der Waals surface area contributed by atoms with Gasteiger partial charge in [0.2, 0.25) is 25.1 Å². The Hall–Kier alpha value is -2.68. The normalized spacial score (nSPS) is 12.8. The van der Waals surface area contributed by atoms with Crippen molar-refractivity contribution in [3.63, 3.8) is 0 Å². The Bertz CT molecular complexity index is 1350. The van der Waals surface area contributed by atoms with Crippen molar-refractivity contribution in [3.8, 4) is 22.1 Å². The van der Waals surface area contributed by atoms with Gasteiger partial charge in [-0.2, -0.15) is 13.2 Å². The lowest BCUT2D eigenvalue weighted by molar-refractivity contribution is -0.138. The highest BCUT2D eigenvalue weighted by atomic mass is 32.3. The second kappa shape index (κ2) is 8.93. The van der Waals surface area contributed by atoms with Crippen LogP contribution >= 0.6 is 11.3 Å². The maximum Gasteiger partial charge on any atom is 0.419 e. The molecule has 0 radical (unpaired) electrons. The molecule has 178 valence electrons. The van der Waals surface area contributed by atoms with Crippen molar-refractivity contribution in [2.75, 3.05) is 18.2 Å². The van der Waals surface area contributed by atoms with Crippen LogP contribution < -0.4 is 10.5 Å². The summed E-state index contributed by atoms with van der Waals surface area (Å²) >= 11 is 0.827. The molecule has 1 aromatic heterocycles. The van der Waals surface area contributed by atoms with E-state index in [0.717, 1.165) is 36.0 Å². The highest BCUT2D eigenvalue weighted by molar-refractivity contribution is 8.03. The van der Waals surface area contributed by atoms with Crippen LogP contribution in [-0.2, 0) is 32.8 Å². The smallest absolute Gasteiger partial charge is 0.419 e. The van der Waals surface area contributed by atoms with Crippen LogP contribution in [0.2, 0.25) is 0 Å². The number of sulfonamides is 2. The fourth-order valence-corrected chi connectivity index (χ4v) is 6.36. The van der Waals surface area contributed by atoms with Gasteiger partial charge in [0.1, 0.15) is 11.4 Å². The van der Waals surface area contributed by atoms with Gasteiger partial charge in [-0.05, 0) is 23.8 Å². The summed E-state index contributed by atoms with van der Waals surface area (Å²) in [5.41, 5.74) is 5.57. The molecule has 0 aliphatic rings. The Morgan fingerprint density at radius 1 is 1.03 bits per heavy atom. The third-order valence-corrected chi connectivity index (χ3v) is 8.38. The number of ether oxygens (including phenoxy) is 1. The van der Waals surface area contributed by atoms with Gasteiger partial charge in [0.15, 0.2) is 5.13 Å². The van der Waals surface area contributed by atoms with Gasteiger partial charge in [0, 0.05) is 5.56 Å². The molecule has 1 heterocycles. The van der Waals surface area contributed by atoms with E-state index in [4.69, 9.17) is 10.5 Å². The number of thiazole rings is 1. The Kier molecular flexibility index (Phi) is 6.75. The predicted octanol–water partition coefficient (Wildman–Crippen LogP) is 3.92. The first-order valence-corrected chi connectivity index (χ1v) is 13.5. The van der Waals surface area contributed by atoms with E-state index in [2.05, 4.69) is 4.98 Å². The zero-order valence-electron chi connectivity index (χ0n) is 17.2. The molecule has 0 spiro atoms. The van der Waals surface area contributed by atoms with Gasteiger partial charge < -0.3 is 10.5 Å². The monoisotopic (exact) mass is 521 g/mol. The minimum Gasteiger partial charge on any atom is -0.444 e. The predicted molar refractivity (Wildman–Crippen MR) is 119 cm³/mol. The maximum atomic E-state index is 13.3. The average Bonchev–Trinajstić information content (AvgIpc) is 3.04. The Morgan fingerprint density at radius 3 is 2.27 bits per heavy atom. The summed E-state index contributed by atoms with van der Waals surface area (Å²) in [5, 5.41) is 0.0215. The van der Waals surface area contributed by atoms with Crippen LogP contribution in [0.15, 0.2) is 48.5 Å². The number of aromatic nitrogens is 1. The summed E-state index contributed by atoms with van der Waals surface area (Å²) in [5.74, 6) is -0.439. The summed E-state index contributed by atoms with van der Waals surface area (Å²) in [4.78, 5) is 4.13. The molecule has 0 bridgehead atoms. The summed E-state index contributed by atoms with van der Waals surface area (Å²) in [6, 6.07) is 10.7. The molecule has 0 saturated carbocycles. The van der Waals surface area contributed by atoms with Gasteiger partial charge in [0.05, 0.1) is 24.6 Å². The van der Waals surface area contributed by atoms with Gasteiger partial charge >= 0.3 is 6.18 Å². The van der Waals surface area contributed by atoms with Crippen LogP contribution in [-0.4, -0.2) is 38.0 Å². The van der Waals surface area contributed by atoms with E-state index in [-0.39, 0.29) is 15.9 Å². The molecule has 2 aromatic carbocycles. The molecule has 0 aliphatic heterocycles. The number of rotatable bonds is 7. The summed E-state index contributed by atoms with van der Waals surface area (Å²) in [6.07, 6.45) is -3.11. The minimum absolute atomic E-state index is 0.00978. The van der Waals surface area contributed by atoms with Crippen LogP contribution in [0.5, 0.6) is 10.8 Å². The van der Waals surface area contributed by atoms with Crippen molar-refractivity contribution < 1.29 is 34.7 Å². The van der Waals surface area contributed by atoms with Crippen LogP contribution in [0.1, 0.15) is 11.1 Å². The number of nitrogens with zero attached hydrogens (tertiary/aromatic N) is 2. The second-order valence-electron chi connectivity index (χ2n) is 6.94. The molecular weight excluding hydrogens is 503 g/mol. The number of halogens is 3. The van der Waals surface area contributed by atoms with Crippen molar-refractivity contribution >= 4 is 36.5 Å². The van der Waals surface area contributed by atoms with Crippen molar-refractivity contribution in [2.24, 2.45) is 0 Å². The van der Waals surface area contributed by atoms with E-state index in [9.17, 15) is 30.0 Å². The zero-order valence-corrected chi connectivity index (χ0v) is 19.6. The number of anilines is 1. The number of nitrogens with two attached hydrogens (primary N) is 1. The number of benzene rings is 2. The van der Waals surface area contributed by atoms with Crippen molar-refractivity contribution in [1.82, 2.24) is 8.69 Å². The summed E-state index contributed by atoms with van der Waals surface area (Å²) in [6.45, 7) is -0.474. The summed E-state index contributed by atoms with van der Waals surface area (Å²) in [7, 11) is -8.16. The van der Waals surface area contributed by atoms with Gasteiger partial charge in [-0.1, -0.05) is 45.4 Å². The quantitative estimate of drug-likeness (QED) is 0.500. The Labute approximate surface area is 192 Å². The second-order valence-corrected chi connectivity index (χ2v) is 12.0. The van der Waals surface area contributed by atoms with E-state index in [1.807, 2.05) is 0 Å². The molecule has 0 amide bonds. The van der Waals surface area contributed by atoms with Crippen LogP contribution in [0.4, 0.5) is 18.3 Å². The first kappa shape index (κ1) is 25.0. The van der Waals surface area contributed by atoms with Gasteiger partial charge in [0.25, 0.3) is 0 Å². The highest BCUT2D eigenvalue weighted by Gasteiger charge is 2.34. The molecule has 0 fully saturated rings. The molecule has 2 N–H and O–H groups in total. The largest absolute Gasteiger partial charge is 0.444 e. The molecule has 0 saturated heterocycles. The van der Waals surface area contributed by atoms with Gasteiger partial charge in [-0.25, -0.2) is 21.8 Å². The third kappa shape index (κ3) is 6.01. The average molecular weight is 522 g/mol. The van der Waals surface area contributed by atoms with E-state index < -0.39 is 44.1 Å². The van der Waals surface area contributed by atoms with Crippen molar-refractivity contribution in [1.29, 1.82) is 0 Å². The summed E-state index contributed by atoms with van der Waals surface area (Å²) < 4.78 is 93.5. The topological polar surface area (TPSA) is 120 Å². The number of hydrogen-bond donors (Lipinski definition) is 1. The standard InChI is InChI=1S/C19H18F3N3O5S3/c1-32(26,27)25(33(2,28)29)11-12-6-5-7-13(10-12)16-17(31-18(23)24-16)30-15-9-4-3-8-14(15)19(20,21)22/h3-10H,11H2,1-2H3,(H2,23,24). The molecule has 0 unspecified atom stereocenters. The first-order chi connectivity index (χ1) is 15.2. The molecule has 33 heavy (non-hydrogen) atoms. The molecule has 14 heteroatoms. The third-order valence-electron chi connectivity index (χ3n) is 4.26. The van der Waals surface area contributed by atoms with E-state index in [0.29, 0.717) is 14.8 Å². The lowest BCUT2D eigenvalue weighted by Gasteiger charge is -2.18. The molecule has 3 aromatic rings. The molecule has 3 rings (SSSR count). The fourth-order valence-electron chi connectivity index (χ4n) is 2.91. The SMILES string of the molecule is CS(=O)(=O)N(Cc1cccc(-c2nc(N)sc2Oc2ccccc2C(F)(F)F)c1)S(C)(=O)=O. The van der Waals surface area contributed by atoms with Crippen LogP contribution in [0.25, 0.3) is 11.3 Å². The van der Waals surface area contributed by atoms with E-state index >= 15 is 0 Å². The lowest BCUT2D eigenvalue weighted by Crippen LogP contribution is -2.34. The van der Waals surface area contributed by atoms with Gasteiger partial charge in [-0.15, -0.1) is 0 Å². The Balaban J connectivity index is 2.01. The number of alkyl halides is 3. The van der Waals surface area contributed by atoms with Crippen LogP contribution in [0, 0.1) is 0 Å². The Morgan fingerprint density at radius 2 is 1.67 bits per heavy atom. The van der Waals surface area contributed by atoms with Crippen LogP contribution in [0.3, 0.4) is 0 Å². The van der Waals surface area contributed by atoms with Crippen molar-refractivity contribution in [3.05, 3.63) is 59.7 Å². The van der Waals surface area contributed by atoms with E-state index in [1.54, 1.807) is 6.07 Å². The molecule has 0 aliphatic carbocycles. The number of para-hydroxylation sites is 1. The lowest BCUT2D eigenvalue weighted by atomic mass is 10.1. The molecule has 0 atom stereocenters. The van der Waals surface area contributed by atoms with E-state index in [1.165, 1.54) is 30.3 Å². The first-order valence-electron chi connectivity index (χ1n) is 9.04. The van der Waals surface area contributed by atoms with Crippen molar-refractivity contribution in [2.45, 2.75) is 12.7 Å². The van der Waals surface area contributed by atoms with Gasteiger partial charge in [-0.3, -0.25) is 0 Å². The maximum absolute atomic E-state index is 13.3. The minimum atomic E-state index is -4.65. The fraction of sp³-hybridized carbons (Fsp3) is 0.211. The highest BCUT2D eigenvalue weighted by Crippen LogP contribution is 2.43. The number of hydrogen-bond acceptors (Lipinski definition) is 8. The molecular formula is C19H18F3N3O5S3.